The maximum Gasteiger partial charge on any atom is 0.410 e. The zero-order valence-corrected chi connectivity index (χ0v) is 16.7. The van der Waals surface area contributed by atoms with Gasteiger partial charge >= 0.3 is 6.09 Å². The Hall–Kier alpha value is -1.52. The van der Waals surface area contributed by atoms with Gasteiger partial charge in [0.25, 0.3) is 0 Å². The Morgan fingerprint density at radius 2 is 1.73 bits per heavy atom. The van der Waals surface area contributed by atoms with Crippen LogP contribution in [0.5, 0.6) is 0 Å². The summed E-state index contributed by atoms with van der Waals surface area (Å²) in [4.78, 5) is 14.4. The quantitative estimate of drug-likeness (QED) is 0.735. The van der Waals surface area contributed by atoms with Crippen LogP contribution >= 0.6 is 0 Å². The number of hydrogen-bond acceptors (Lipinski definition) is 3. The highest BCUT2D eigenvalue weighted by atomic mass is 16.6. The minimum Gasteiger partial charge on any atom is -0.444 e. The van der Waals surface area contributed by atoms with E-state index < -0.39 is 5.60 Å². The first-order valence-electron chi connectivity index (χ1n) is 10.5. The van der Waals surface area contributed by atoms with Gasteiger partial charge in [0.2, 0.25) is 0 Å². The highest BCUT2D eigenvalue weighted by molar-refractivity contribution is 5.69. The largest absolute Gasteiger partial charge is 0.444 e. The molecule has 1 saturated carbocycles. The van der Waals surface area contributed by atoms with Crippen molar-refractivity contribution in [2.45, 2.75) is 103 Å². The van der Waals surface area contributed by atoms with E-state index in [4.69, 9.17) is 4.74 Å². The average Bonchev–Trinajstić information content (AvgIpc) is 3.24. The second-order valence-electron chi connectivity index (χ2n) is 8.98. The summed E-state index contributed by atoms with van der Waals surface area (Å²) in [5, 5.41) is 7.90. The molecule has 3 rings (SSSR count). The third-order valence-electron chi connectivity index (χ3n) is 5.63. The molecule has 1 saturated heterocycles. The van der Waals surface area contributed by atoms with Gasteiger partial charge in [0, 0.05) is 12.5 Å². The van der Waals surface area contributed by atoms with Crippen molar-refractivity contribution in [1.29, 1.82) is 0 Å². The smallest absolute Gasteiger partial charge is 0.410 e. The number of nitrogens with one attached hydrogen (secondary N) is 1. The minimum atomic E-state index is -0.458. The lowest BCUT2D eigenvalue weighted by molar-refractivity contribution is 0.0221. The molecule has 0 aromatic carbocycles. The van der Waals surface area contributed by atoms with Gasteiger partial charge < -0.3 is 4.74 Å². The number of amides is 1. The van der Waals surface area contributed by atoms with Crippen molar-refractivity contribution < 1.29 is 9.53 Å². The van der Waals surface area contributed by atoms with Crippen molar-refractivity contribution in [3.8, 4) is 0 Å². The summed E-state index contributed by atoms with van der Waals surface area (Å²) in [5.41, 5.74) is 1.81. The maximum atomic E-state index is 12.5. The fourth-order valence-corrected chi connectivity index (χ4v) is 4.29. The van der Waals surface area contributed by atoms with Crippen LogP contribution in [0.2, 0.25) is 0 Å². The van der Waals surface area contributed by atoms with Gasteiger partial charge in [0.05, 0.1) is 17.4 Å². The molecule has 1 aliphatic heterocycles. The van der Waals surface area contributed by atoms with Crippen molar-refractivity contribution in [1.82, 2.24) is 15.1 Å². The Morgan fingerprint density at radius 1 is 1.08 bits per heavy atom. The molecule has 5 nitrogen and oxygen atoms in total. The molecule has 1 unspecified atom stereocenters. The van der Waals surface area contributed by atoms with Crippen LogP contribution < -0.4 is 0 Å². The zero-order chi connectivity index (χ0) is 18.6. The van der Waals surface area contributed by atoms with E-state index in [2.05, 4.69) is 16.3 Å². The molecular formula is C21H35N3O2. The number of H-pyrrole nitrogens is 1. The summed E-state index contributed by atoms with van der Waals surface area (Å²) >= 11 is 0. The van der Waals surface area contributed by atoms with Crippen molar-refractivity contribution in [3.63, 3.8) is 0 Å². The summed E-state index contributed by atoms with van der Waals surface area (Å²) in [6.07, 6.45) is 12.3. The van der Waals surface area contributed by atoms with Gasteiger partial charge in [-0.2, -0.15) is 5.10 Å². The van der Waals surface area contributed by atoms with E-state index in [-0.39, 0.29) is 12.1 Å². The Bertz CT molecular complexity index is 580. The monoisotopic (exact) mass is 361 g/mol. The molecule has 1 atom stereocenters. The summed E-state index contributed by atoms with van der Waals surface area (Å²) in [6.45, 7) is 6.52. The molecule has 1 aromatic rings. The molecular weight excluding hydrogens is 326 g/mol. The third kappa shape index (κ3) is 5.01. The highest BCUT2D eigenvalue weighted by Crippen LogP contribution is 2.35. The number of hydrogen-bond donors (Lipinski definition) is 1. The molecule has 0 bridgehead atoms. The van der Waals surface area contributed by atoms with Crippen LogP contribution in [0, 0.1) is 0 Å². The van der Waals surface area contributed by atoms with Crippen molar-refractivity contribution in [2.24, 2.45) is 0 Å². The van der Waals surface area contributed by atoms with Crippen LogP contribution in [0.15, 0.2) is 6.07 Å². The third-order valence-corrected chi connectivity index (χ3v) is 5.63. The first kappa shape index (κ1) is 19.2. The molecule has 2 aliphatic rings. The minimum absolute atomic E-state index is 0.0717. The summed E-state index contributed by atoms with van der Waals surface area (Å²) < 4.78 is 5.59. The highest BCUT2D eigenvalue weighted by Gasteiger charge is 2.34. The van der Waals surface area contributed by atoms with E-state index in [1.165, 1.54) is 57.1 Å². The molecule has 26 heavy (non-hydrogen) atoms. The molecule has 1 aliphatic carbocycles. The zero-order valence-electron chi connectivity index (χ0n) is 16.7. The number of aromatic nitrogens is 2. The van der Waals surface area contributed by atoms with Crippen LogP contribution in [0.3, 0.4) is 0 Å². The van der Waals surface area contributed by atoms with Crippen molar-refractivity contribution in [2.75, 3.05) is 6.54 Å². The number of rotatable bonds is 2. The van der Waals surface area contributed by atoms with Crippen molar-refractivity contribution >= 4 is 6.09 Å². The van der Waals surface area contributed by atoms with Gasteiger partial charge in [0.1, 0.15) is 5.60 Å². The van der Waals surface area contributed by atoms with Gasteiger partial charge in [0.15, 0.2) is 0 Å². The molecule has 146 valence electrons. The first-order chi connectivity index (χ1) is 12.4. The molecule has 2 heterocycles. The van der Waals surface area contributed by atoms with Crippen LogP contribution in [0.1, 0.15) is 108 Å². The Labute approximate surface area is 157 Å². The fraction of sp³-hybridized carbons (Fsp3) is 0.810. The van der Waals surface area contributed by atoms with E-state index >= 15 is 0 Å². The van der Waals surface area contributed by atoms with Gasteiger partial charge in [-0.3, -0.25) is 10.00 Å². The fourth-order valence-electron chi connectivity index (χ4n) is 4.29. The number of ether oxygens (including phenoxy) is 1. The Morgan fingerprint density at radius 3 is 2.38 bits per heavy atom. The van der Waals surface area contributed by atoms with Crippen LogP contribution in [0.25, 0.3) is 0 Å². The number of carbonyl (C=O) groups excluding carboxylic acids is 1. The molecule has 1 amide bonds. The summed E-state index contributed by atoms with van der Waals surface area (Å²) in [7, 11) is 0. The van der Waals surface area contributed by atoms with Crippen LogP contribution in [0.4, 0.5) is 4.79 Å². The van der Waals surface area contributed by atoms with E-state index in [9.17, 15) is 4.79 Å². The standard InChI is InChI=1S/C21H35N3O2/c1-21(2,3)26-20(25)24-14-10-13-19(24)18-15-17(22-23-18)16-11-8-6-4-5-7-9-12-16/h15-16,19H,4-14H2,1-3H3,(H,22,23). The number of carbonyl (C=O) groups is 1. The van der Waals surface area contributed by atoms with Crippen LogP contribution in [-0.2, 0) is 4.74 Å². The van der Waals surface area contributed by atoms with E-state index in [1.54, 1.807) is 0 Å². The van der Waals surface area contributed by atoms with E-state index in [1.807, 2.05) is 25.7 Å². The maximum absolute atomic E-state index is 12.5. The average molecular weight is 362 g/mol. The lowest BCUT2D eigenvalue weighted by Crippen LogP contribution is -2.36. The second kappa shape index (κ2) is 8.45. The normalized spacial score (nSPS) is 23.3. The predicted octanol–water partition coefficient (Wildman–Crippen LogP) is 5.70. The SMILES string of the molecule is CC(C)(C)OC(=O)N1CCCC1c1cc(C2CCCCCCCC2)n[nH]1. The van der Waals surface area contributed by atoms with Gasteiger partial charge in [-0.1, -0.05) is 38.5 Å². The van der Waals surface area contributed by atoms with E-state index in [0.717, 1.165) is 25.1 Å². The van der Waals surface area contributed by atoms with Gasteiger partial charge in [-0.25, -0.2) is 4.79 Å². The van der Waals surface area contributed by atoms with Crippen LogP contribution in [-0.4, -0.2) is 33.3 Å². The lowest BCUT2D eigenvalue weighted by Gasteiger charge is -2.28. The molecule has 0 spiro atoms. The van der Waals surface area contributed by atoms with Crippen molar-refractivity contribution in [3.05, 3.63) is 17.5 Å². The molecule has 0 radical (unpaired) electrons. The second-order valence-corrected chi connectivity index (χ2v) is 8.98. The topological polar surface area (TPSA) is 58.2 Å². The van der Waals surface area contributed by atoms with Gasteiger partial charge in [-0.15, -0.1) is 0 Å². The number of likely N-dealkylation sites (tertiary alicyclic amines) is 1. The van der Waals surface area contributed by atoms with Gasteiger partial charge in [-0.05, 0) is 52.5 Å². The molecule has 2 fully saturated rings. The number of aromatic amines is 1. The molecule has 1 N–H and O–H groups in total. The Kier molecular flexibility index (Phi) is 6.25. The molecule has 1 aromatic heterocycles. The lowest BCUT2D eigenvalue weighted by atomic mass is 9.93. The summed E-state index contributed by atoms with van der Waals surface area (Å²) in [6, 6.07) is 2.29. The predicted molar refractivity (Wildman–Crippen MR) is 103 cm³/mol. The Balaban J connectivity index is 1.68. The van der Waals surface area contributed by atoms with E-state index in [0.29, 0.717) is 5.92 Å². The summed E-state index contributed by atoms with van der Waals surface area (Å²) in [5.74, 6) is 0.564. The molecule has 5 heteroatoms. The first-order valence-corrected chi connectivity index (χ1v) is 10.5. The number of nitrogens with zero attached hydrogens (tertiary/aromatic N) is 2.